The lowest BCUT2D eigenvalue weighted by atomic mass is 10.1. The van der Waals surface area contributed by atoms with Crippen LogP contribution in [-0.2, 0) is 9.53 Å². The second-order valence-corrected chi connectivity index (χ2v) is 5.25. The zero-order valence-corrected chi connectivity index (χ0v) is 12.2. The lowest BCUT2D eigenvalue weighted by Crippen LogP contribution is -2.45. The van der Waals surface area contributed by atoms with Gasteiger partial charge in [0.05, 0.1) is 19.8 Å². The fourth-order valence-corrected chi connectivity index (χ4v) is 2.34. The summed E-state index contributed by atoms with van der Waals surface area (Å²) in [5, 5.41) is 0. The molecule has 1 aromatic carbocycles. The van der Waals surface area contributed by atoms with Crippen molar-refractivity contribution in [2.24, 2.45) is 0 Å². The van der Waals surface area contributed by atoms with Crippen molar-refractivity contribution in [3.05, 3.63) is 29.8 Å². The first-order valence-corrected chi connectivity index (χ1v) is 6.99. The SMILES string of the molecule is CC(c1cccc(N)c1)N(C)CC(=O)N1CCOCC1. The van der Waals surface area contributed by atoms with E-state index in [0.717, 1.165) is 11.3 Å². The summed E-state index contributed by atoms with van der Waals surface area (Å²) in [5.41, 5.74) is 7.69. The van der Waals surface area contributed by atoms with Gasteiger partial charge in [0.25, 0.3) is 0 Å². The topological polar surface area (TPSA) is 58.8 Å². The molecular formula is C15H23N3O2. The third-order valence-corrected chi connectivity index (χ3v) is 3.80. The van der Waals surface area contributed by atoms with Gasteiger partial charge in [0.1, 0.15) is 0 Å². The van der Waals surface area contributed by atoms with Gasteiger partial charge in [-0.15, -0.1) is 0 Å². The van der Waals surface area contributed by atoms with Crippen LogP contribution in [0.2, 0.25) is 0 Å². The van der Waals surface area contributed by atoms with E-state index in [4.69, 9.17) is 10.5 Å². The van der Waals surface area contributed by atoms with Crippen LogP contribution in [0.25, 0.3) is 0 Å². The first kappa shape index (κ1) is 14.8. The van der Waals surface area contributed by atoms with E-state index < -0.39 is 0 Å². The van der Waals surface area contributed by atoms with Gasteiger partial charge in [-0.3, -0.25) is 9.69 Å². The van der Waals surface area contributed by atoms with Gasteiger partial charge in [-0.05, 0) is 31.7 Å². The van der Waals surface area contributed by atoms with E-state index >= 15 is 0 Å². The molecule has 1 saturated heterocycles. The largest absolute Gasteiger partial charge is 0.399 e. The number of morpholine rings is 1. The van der Waals surface area contributed by atoms with Crippen molar-refractivity contribution in [3.63, 3.8) is 0 Å². The Labute approximate surface area is 120 Å². The van der Waals surface area contributed by atoms with Crippen molar-refractivity contribution in [3.8, 4) is 0 Å². The highest BCUT2D eigenvalue weighted by molar-refractivity contribution is 5.78. The molecule has 0 saturated carbocycles. The van der Waals surface area contributed by atoms with Crippen LogP contribution in [0.15, 0.2) is 24.3 Å². The monoisotopic (exact) mass is 277 g/mol. The first-order valence-electron chi connectivity index (χ1n) is 6.99. The summed E-state index contributed by atoms with van der Waals surface area (Å²) in [5.74, 6) is 0.159. The smallest absolute Gasteiger partial charge is 0.236 e. The Morgan fingerprint density at radius 3 is 2.80 bits per heavy atom. The maximum Gasteiger partial charge on any atom is 0.236 e. The number of carbonyl (C=O) groups is 1. The van der Waals surface area contributed by atoms with Gasteiger partial charge in [0.2, 0.25) is 5.91 Å². The minimum Gasteiger partial charge on any atom is -0.399 e. The van der Waals surface area contributed by atoms with Gasteiger partial charge in [0, 0.05) is 24.8 Å². The number of nitrogen functional groups attached to an aromatic ring is 1. The standard InChI is InChI=1S/C15H23N3O2/c1-12(13-4-3-5-14(16)10-13)17(2)11-15(19)18-6-8-20-9-7-18/h3-5,10,12H,6-9,11,16H2,1-2H3. The van der Waals surface area contributed by atoms with Crippen molar-refractivity contribution < 1.29 is 9.53 Å². The van der Waals surface area contributed by atoms with Crippen LogP contribution in [0.5, 0.6) is 0 Å². The number of amides is 1. The Morgan fingerprint density at radius 1 is 1.45 bits per heavy atom. The molecule has 110 valence electrons. The van der Waals surface area contributed by atoms with E-state index in [0.29, 0.717) is 32.8 Å². The number of carbonyl (C=O) groups excluding carboxylic acids is 1. The highest BCUT2D eigenvalue weighted by atomic mass is 16.5. The number of benzene rings is 1. The lowest BCUT2D eigenvalue weighted by Gasteiger charge is -2.31. The molecule has 2 N–H and O–H groups in total. The number of hydrogen-bond acceptors (Lipinski definition) is 4. The van der Waals surface area contributed by atoms with E-state index in [1.165, 1.54) is 0 Å². The molecule has 1 aliphatic rings. The molecule has 1 fully saturated rings. The molecule has 1 heterocycles. The van der Waals surface area contributed by atoms with Gasteiger partial charge < -0.3 is 15.4 Å². The molecule has 1 amide bonds. The predicted octanol–water partition coefficient (Wildman–Crippen LogP) is 1.12. The summed E-state index contributed by atoms with van der Waals surface area (Å²) in [6.07, 6.45) is 0. The minimum absolute atomic E-state index is 0.156. The van der Waals surface area contributed by atoms with E-state index in [1.807, 2.05) is 41.1 Å². The predicted molar refractivity (Wildman–Crippen MR) is 79.3 cm³/mol. The summed E-state index contributed by atoms with van der Waals surface area (Å²) in [6, 6.07) is 7.97. The summed E-state index contributed by atoms with van der Waals surface area (Å²) < 4.78 is 5.26. The van der Waals surface area contributed by atoms with Gasteiger partial charge in [0.15, 0.2) is 0 Å². The van der Waals surface area contributed by atoms with Crippen molar-refractivity contribution in [2.45, 2.75) is 13.0 Å². The Hall–Kier alpha value is -1.59. The number of anilines is 1. The van der Waals surface area contributed by atoms with E-state index in [-0.39, 0.29) is 11.9 Å². The average molecular weight is 277 g/mol. The van der Waals surface area contributed by atoms with Crippen LogP contribution in [0.1, 0.15) is 18.5 Å². The molecule has 1 atom stereocenters. The fraction of sp³-hybridized carbons (Fsp3) is 0.533. The van der Waals surface area contributed by atoms with Crippen LogP contribution in [-0.4, -0.2) is 55.6 Å². The summed E-state index contributed by atoms with van der Waals surface area (Å²) >= 11 is 0. The Morgan fingerprint density at radius 2 is 2.15 bits per heavy atom. The van der Waals surface area contributed by atoms with Gasteiger partial charge in [-0.25, -0.2) is 0 Å². The zero-order chi connectivity index (χ0) is 14.5. The molecule has 2 rings (SSSR count). The highest BCUT2D eigenvalue weighted by Gasteiger charge is 2.20. The van der Waals surface area contributed by atoms with Crippen LogP contribution < -0.4 is 5.73 Å². The van der Waals surface area contributed by atoms with E-state index in [1.54, 1.807) is 0 Å². The molecule has 0 aliphatic carbocycles. The molecule has 1 aliphatic heterocycles. The maximum absolute atomic E-state index is 12.2. The molecule has 0 bridgehead atoms. The second kappa shape index (κ2) is 6.72. The molecule has 0 radical (unpaired) electrons. The number of likely N-dealkylation sites (N-methyl/N-ethyl adjacent to an activating group) is 1. The average Bonchev–Trinajstić information content (AvgIpc) is 2.47. The van der Waals surface area contributed by atoms with E-state index in [9.17, 15) is 4.79 Å². The van der Waals surface area contributed by atoms with Gasteiger partial charge in [-0.1, -0.05) is 12.1 Å². The number of nitrogens with zero attached hydrogens (tertiary/aromatic N) is 2. The number of hydrogen-bond donors (Lipinski definition) is 1. The quantitative estimate of drug-likeness (QED) is 0.838. The fourth-order valence-electron chi connectivity index (χ4n) is 2.34. The number of rotatable bonds is 4. The molecular weight excluding hydrogens is 254 g/mol. The van der Waals surface area contributed by atoms with Gasteiger partial charge in [-0.2, -0.15) is 0 Å². The maximum atomic E-state index is 12.2. The third-order valence-electron chi connectivity index (χ3n) is 3.80. The van der Waals surface area contributed by atoms with Crippen LogP contribution in [0, 0.1) is 0 Å². The normalized spacial score (nSPS) is 17.2. The van der Waals surface area contributed by atoms with Crippen LogP contribution >= 0.6 is 0 Å². The van der Waals surface area contributed by atoms with Crippen molar-refractivity contribution in [1.82, 2.24) is 9.80 Å². The molecule has 5 heteroatoms. The summed E-state index contributed by atoms with van der Waals surface area (Å²) in [4.78, 5) is 16.1. The van der Waals surface area contributed by atoms with E-state index in [2.05, 4.69) is 6.92 Å². The Balaban J connectivity index is 1.93. The van der Waals surface area contributed by atoms with Crippen LogP contribution in [0.4, 0.5) is 5.69 Å². The lowest BCUT2D eigenvalue weighted by molar-refractivity contribution is -0.136. The number of ether oxygens (including phenoxy) is 1. The Bertz CT molecular complexity index is 458. The molecule has 1 unspecified atom stereocenters. The first-order chi connectivity index (χ1) is 9.58. The highest BCUT2D eigenvalue weighted by Crippen LogP contribution is 2.20. The molecule has 0 aromatic heterocycles. The summed E-state index contributed by atoms with van der Waals surface area (Å²) in [7, 11) is 1.96. The van der Waals surface area contributed by atoms with Crippen molar-refractivity contribution >= 4 is 11.6 Å². The van der Waals surface area contributed by atoms with Crippen molar-refractivity contribution in [2.75, 3.05) is 45.6 Å². The van der Waals surface area contributed by atoms with Crippen molar-refractivity contribution in [1.29, 1.82) is 0 Å². The summed E-state index contributed by atoms with van der Waals surface area (Å²) in [6.45, 7) is 5.16. The molecule has 0 spiro atoms. The Kier molecular flexibility index (Phi) is 4.98. The second-order valence-electron chi connectivity index (χ2n) is 5.25. The molecule has 5 nitrogen and oxygen atoms in total. The zero-order valence-electron chi connectivity index (χ0n) is 12.2. The molecule has 1 aromatic rings. The molecule has 20 heavy (non-hydrogen) atoms. The third kappa shape index (κ3) is 3.71. The van der Waals surface area contributed by atoms with Gasteiger partial charge >= 0.3 is 0 Å². The van der Waals surface area contributed by atoms with Crippen LogP contribution in [0.3, 0.4) is 0 Å². The minimum atomic E-state index is 0.156. The number of nitrogens with two attached hydrogens (primary N) is 1.